The molecule has 0 N–H and O–H groups in total. The smallest absolute Gasteiger partial charge is 0.163 e. The van der Waals surface area contributed by atoms with Crippen molar-refractivity contribution in [1.29, 1.82) is 0 Å². The van der Waals surface area contributed by atoms with Gasteiger partial charge in [0.15, 0.2) is 5.79 Å². The number of hydrogen-bond donors (Lipinski definition) is 0. The summed E-state index contributed by atoms with van der Waals surface area (Å²) in [6, 6.07) is 0. The van der Waals surface area contributed by atoms with Gasteiger partial charge in [-0.2, -0.15) is 0 Å². The highest BCUT2D eigenvalue weighted by molar-refractivity contribution is 9.09. The van der Waals surface area contributed by atoms with Gasteiger partial charge < -0.3 is 9.47 Å². The number of halogens is 1. The van der Waals surface area contributed by atoms with E-state index in [4.69, 9.17) is 9.47 Å². The number of alkyl halides is 1. The summed E-state index contributed by atoms with van der Waals surface area (Å²) in [5, 5.41) is 0.868. The van der Waals surface area contributed by atoms with E-state index in [0.717, 1.165) is 5.33 Å². The molecule has 0 aromatic rings. The zero-order chi connectivity index (χ0) is 8.32. The molecule has 0 bridgehead atoms. The van der Waals surface area contributed by atoms with E-state index in [2.05, 4.69) is 15.9 Å². The SMILES string of the molecule is CC1(C)OCC(/C=C/CBr)O1. The van der Waals surface area contributed by atoms with Crippen molar-refractivity contribution in [3.05, 3.63) is 12.2 Å². The highest BCUT2D eigenvalue weighted by Gasteiger charge is 2.30. The Morgan fingerprint density at radius 2 is 2.36 bits per heavy atom. The molecular weight excluding hydrogens is 208 g/mol. The zero-order valence-electron chi connectivity index (χ0n) is 6.84. The summed E-state index contributed by atoms with van der Waals surface area (Å²) >= 11 is 3.30. The fraction of sp³-hybridized carbons (Fsp3) is 0.750. The van der Waals surface area contributed by atoms with Gasteiger partial charge in [0.2, 0.25) is 0 Å². The molecule has 3 heteroatoms. The predicted octanol–water partition coefficient (Wildman–Crippen LogP) is 2.09. The lowest BCUT2D eigenvalue weighted by Gasteiger charge is -2.15. The molecule has 1 atom stereocenters. The van der Waals surface area contributed by atoms with Crippen LogP contribution in [0.3, 0.4) is 0 Å². The Morgan fingerprint density at radius 1 is 1.64 bits per heavy atom. The Hall–Kier alpha value is 0.140. The van der Waals surface area contributed by atoms with Crippen molar-refractivity contribution in [2.75, 3.05) is 11.9 Å². The maximum Gasteiger partial charge on any atom is 0.163 e. The molecule has 0 aromatic carbocycles. The highest BCUT2D eigenvalue weighted by atomic mass is 79.9. The van der Waals surface area contributed by atoms with Crippen LogP contribution in [0.4, 0.5) is 0 Å². The van der Waals surface area contributed by atoms with Crippen LogP contribution >= 0.6 is 15.9 Å². The van der Waals surface area contributed by atoms with E-state index in [9.17, 15) is 0 Å². The normalized spacial score (nSPS) is 29.9. The summed E-state index contributed by atoms with van der Waals surface area (Å²) in [4.78, 5) is 0. The second-order valence-corrected chi connectivity index (χ2v) is 3.60. The Bertz CT molecular complexity index is 154. The Balaban J connectivity index is 2.36. The van der Waals surface area contributed by atoms with E-state index < -0.39 is 5.79 Å². The van der Waals surface area contributed by atoms with E-state index in [1.807, 2.05) is 26.0 Å². The first kappa shape index (κ1) is 9.23. The lowest BCUT2D eigenvalue weighted by Crippen LogP contribution is -2.20. The van der Waals surface area contributed by atoms with Crippen molar-refractivity contribution in [2.24, 2.45) is 0 Å². The van der Waals surface area contributed by atoms with Gasteiger partial charge in [-0.05, 0) is 13.8 Å². The topological polar surface area (TPSA) is 18.5 Å². The third kappa shape index (κ3) is 2.93. The molecule has 1 saturated heterocycles. The van der Waals surface area contributed by atoms with Crippen molar-refractivity contribution in [2.45, 2.75) is 25.7 Å². The van der Waals surface area contributed by atoms with Crippen LogP contribution in [0.5, 0.6) is 0 Å². The molecule has 0 saturated carbocycles. The Labute approximate surface area is 75.7 Å². The van der Waals surface area contributed by atoms with Crippen LogP contribution in [0.1, 0.15) is 13.8 Å². The number of rotatable bonds is 2. The summed E-state index contributed by atoms with van der Waals surface area (Å²) in [6.07, 6.45) is 4.17. The van der Waals surface area contributed by atoms with Gasteiger partial charge in [-0.25, -0.2) is 0 Å². The lowest BCUT2D eigenvalue weighted by atomic mass is 10.3. The molecule has 2 nitrogen and oxygen atoms in total. The molecule has 11 heavy (non-hydrogen) atoms. The fourth-order valence-electron chi connectivity index (χ4n) is 1.01. The monoisotopic (exact) mass is 220 g/mol. The third-order valence-electron chi connectivity index (χ3n) is 1.47. The molecule has 1 heterocycles. The van der Waals surface area contributed by atoms with Crippen molar-refractivity contribution in [3.63, 3.8) is 0 Å². The first-order valence-electron chi connectivity index (χ1n) is 3.68. The largest absolute Gasteiger partial charge is 0.347 e. The van der Waals surface area contributed by atoms with Gasteiger partial charge in [-0.15, -0.1) is 0 Å². The van der Waals surface area contributed by atoms with Crippen LogP contribution in [0.15, 0.2) is 12.2 Å². The van der Waals surface area contributed by atoms with E-state index in [-0.39, 0.29) is 6.10 Å². The molecule has 0 spiro atoms. The van der Waals surface area contributed by atoms with Gasteiger partial charge in [-0.1, -0.05) is 28.1 Å². The minimum atomic E-state index is -0.401. The van der Waals surface area contributed by atoms with Crippen LogP contribution in [-0.4, -0.2) is 23.8 Å². The van der Waals surface area contributed by atoms with Gasteiger partial charge in [-0.3, -0.25) is 0 Å². The average molecular weight is 221 g/mol. The van der Waals surface area contributed by atoms with Gasteiger partial charge >= 0.3 is 0 Å². The average Bonchev–Trinajstić information content (AvgIpc) is 2.26. The van der Waals surface area contributed by atoms with Gasteiger partial charge in [0.05, 0.1) is 6.61 Å². The summed E-state index contributed by atoms with van der Waals surface area (Å²) in [6.45, 7) is 4.51. The summed E-state index contributed by atoms with van der Waals surface area (Å²) in [5.74, 6) is -0.401. The maximum atomic E-state index is 5.52. The molecular formula is C8H13BrO2. The quantitative estimate of drug-likeness (QED) is 0.525. The molecule has 1 unspecified atom stereocenters. The van der Waals surface area contributed by atoms with Crippen molar-refractivity contribution in [3.8, 4) is 0 Å². The fourth-order valence-corrected chi connectivity index (χ4v) is 1.23. The summed E-state index contributed by atoms with van der Waals surface area (Å²) < 4.78 is 10.9. The van der Waals surface area contributed by atoms with E-state index in [1.54, 1.807) is 0 Å². The second kappa shape index (κ2) is 3.70. The number of allylic oxidation sites excluding steroid dienone is 1. The highest BCUT2D eigenvalue weighted by Crippen LogP contribution is 2.22. The molecule has 0 amide bonds. The van der Waals surface area contributed by atoms with Crippen molar-refractivity contribution < 1.29 is 9.47 Å². The first-order chi connectivity index (χ1) is 5.14. The minimum absolute atomic E-state index is 0.127. The summed E-state index contributed by atoms with van der Waals surface area (Å²) in [7, 11) is 0. The number of ether oxygens (including phenoxy) is 2. The predicted molar refractivity (Wildman–Crippen MR) is 47.8 cm³/mol. The number of hydrogen-bond acceptors (Lipinski definition) is 2. The molecule has 1 aliphatic heterocycles. The molecule has 0 aliphatic carbocycles. The van der Waals surface area contributed by atoms with Crippen LogP contribution in [0.2, 0.25) is 0 Å². The van der Waals surface area contributed by atoms with Crippen LogP contribution in [-0.2, 0) is 9.47 Å². The third-order valence-corrected chi connectivity index (χ3v) is 1.84. The molecule has 1 aliphatic rings. The second-order valence-electron chi connectivity index (χ2n) is 2.95. The zero-order valence-corrected chi connectivity index (χ0v) is 8.43. The lowest BCUT2D eigenvalue weighted by molar-refractivity contribution is -0.133. The van der Waals surface area contributed by atoms with Crippen LogP contribution in [0, 0.1) is 0 Å². The van der Waals surface area contributed by atoms with Crippen LogP contribution in [0.25, 0.3) is 0 Å². The van der Waals surface area contributed by atoms with Crippen molar-refractivity contribution >= 4 is 15.9 Å². The molecule has 64 valence electrons. The van der Waals surface area contributed by atoms with Gasteiger partial charge in [0.1, 0.15) is 6.10 Å². The van der Waals surface area contributed by atoms with Crippen molar-refractivity contribution in [1.82, 2.24) is 0 Å². The van der Waals surface area contributed by atoms with E-state index in [1.165, 1.54) is 0 Å². The molecule has 1 fully saturated rings. The molecule has 0 aromatic heterocycles. The maximum absolute atomic E-state index is 5.52. The van der Waals surface area contributed by atoms with Gasteiger partial charge in [0.25, 0.3) is 0 Å². The Morgan fingerprint density at radius 3 is 2.82 bits per heavy atom. The van der Waals surface area contributed by atoms with E-state index in [0.29, 0.717) is 6.61 Å². The van der Waals surface area contributed by atoms with Gasteiger partial charge in [0, 0.05) is 5.33 Å². The molecule has 1 rings (SSSR count). The summed E-state index contributed by atoms with van der Waals surface area (Å²) in [5.41, 5.74) is 0. The first-order valence-corrected chi connectivity index (χ1v) is 4.80. The minimum Gasteiger partial charge on any atom is -0.347 e. The Kier molecular flexibility index (Phi) is 3.10. The van der Waals surface area contributed by atoms with E-state index >= 15 is 0 Å². The standard InChI is InChI=1S/C8H13BrO2/c1-8(2)10-6-7(11-8)4-3-5-9/h3-4,7H,5-6H2,1-2H3/b4-3+. The molecule has 0 radical (unpaired) electrons. The van der Waals surface area contributed by atoms with Crippen LogP contribution < -0.4 is 0 Å².